The Morgan fingerprint density at radius 1 is 1.25 bits per heavy atom. The van der Waals surface area contributed by atoms with Crippen molar-refractivity contribution < 1.29 is 14.8 Å². The van der Waals surface area contributed by atoms with E-state index in [2.05, 4.69) is 7.05 Å². The summed E-state index contributed by atoms with van der Waals surface area (Å²) in [5, 5.41) is 18.3. The zero-order chi connectivity index (χ0) is 11.6. The number of hydrogen-bond donors (Lipinski definition) is 2. The van der Waals surface area contributed by atoms with Crippen LogP contribution in [0.1, 0.15) is 0 Å². The van der Waals surface area contributed by atoms with Gasteiger partial charge < -0.3 is 14.8 Å². The van der Waals surface area contributed by atoms with E-state index in [-0.39, 0.29) is 0 Å². The van der Waals surface area contributed by atoms with Crippen molar-refractivity contribution >= 4 is 18.3 Å². The van der Waals surface area contributed by atoms with Crippen LogP contribution in [0.2, 0.25) is 0 Å². The number of rotatable bonds is 2. The summed E-state index contributed by atoms with van der Waals surface area (Å²) in [7, 11) is 0.748. The second-order valence-corrected chi connectivity index (χ2v) is 4.42. The maximum absolute atomic E-state index is 9.15. The molecule has 1 saturated heterocycles. The molecule has 2 rings (SSSR count). The lowest BCUT2D eigenvalue weighted by atomic mass is 9.80. The molecular formula is C11H17BNO3+. The molecule has 1 aliphatic heterocycles. The van der Waals surface area contributed by atoms with Gasteiger partial charge in [0.1, 0.15) is 18.8 Å². The lowest BCUT2D eigenvalue weighted by Crippen LogP contribution is -2.53. The van der Waals surface area contributed by atoms with Crippen molar-refractivity contribution in [3.05, 3.63) is 24.3 Å². The minimum absolute atomic E-state index is 0.545. The predicted molar refractivity (Wildman–Crippen MR) is 64.5 cm³/mol. The molecule has 1 heterocycles. The molecule has 1 fully saturated rings. The van der Waals surface area contributed by atoms with Crippen LogP contribution in [0.5, 0.6) is 0 Å². The topological polar surface area (TPSA) is 49.7 Å². The van der Waals surface area contributed by atoms with Crippen LogP contribution in [-0.2, 0) is 4.74 Å². The minimum atomic E-state index is -1.40. The molecule has 0 bridgehead atoms. The third-order valence-electron chi connectivity index (χ3n) is 3.25. The standard InChI is InChI=1S/C11H17BNO3/c1-13(5-7-16-8-6-13)11-4-2-3-10(9-11)12(14)15/h2-4,9,14-15H,5-8H2,1H3/q+1. The summed E-state index contributed by atoms with van der Waals surface area (Å²) in [4.78, 5) is 0. The molecule has 2 N–H and O–H groups in total. The number of quaternary nitrogens is 1. The Kier molecular flexibility index (Phi) is 3.30. The van der Waals surface area contributed by atoms with Gasteiger partial charge in [-0.25, -0.2) is 0 Å². The molecule has 0 radical (unpaired) electrons. The molecule has 0 spiro atoms. The third-order valence-corrected chi connectivity index (χ3v) is 3.25. The zero-order valence-electron chi connectivity index (χ0n) is 9.47. The molecule has 0 saturated carbocycles. The van der Waals surface area contributed by atoms with E-state index in [0.717, 1.165) is 36.5 Å². The summed E-state index contributed by atoms with van der Waals surface area (Å²) in [5.41, 5.74) is 1.65. The number of benzene rings is 1. The van der Waals surface area contributed by atoms with Crippen molar-refractivity contribution in [2.45, 2.75) is 0 Å². The van der Waals surface area contributed by atoms with Crippen LogP contribution < -0.4 is 9.95 Å². The highest BCUT2D eigenvalue weighted by Gasteiger charge is 2.28. The van der Waals surface area contributed by atoms with Crippen molar-refractivity contribution in [3.63, 3.8) is 0 Å². The molecule has 0 aliphatic carbocycles. The van der Waals surface area contributed by atoms with Gasteiger partial charge in [0.15, 0.2) is 0 Å². The molecule has 1 aromatic carbocycles. The van der Waals surface area contributed by atoms with Gasteiger partial charge in [0.2, 0.25) is 0 Å². The largest absolute Gasteiger partial charge is 0.488 e. The van der Waals surface area contributed by atoms with E-state index in [0.29, 0.717) is 5.46 Å². The maximum Gasteiger partial charge on any atom is 0.488 e. The smallest absolute Gasteiger partial charge is 0.423 e. The maximum atomic E-state index is 9.15. The molecule has 4 nitrogen and oxygen atoms in total. The van der Waals surface area contributed by atoms with Crippen molar-refractivity contribution in [1.82, 2.24) is 4.48 Å². The summed E-state index contributed by atoms with van der Waals surface area (Å²) in [5.74, 6) is 0. The van der Waals surface area contributed by atoms with Crippen LogP contribution in [0.4, 0.5) is 5.69 Å². The van der Waals surface area contributed by atoms with Gasteiger partial charge in [0, 0.05) is 0 Å². The van der Waals surface area contributed by atoms with Gasteiger partial charge in [0.05, 0.1) is 20.3 Å². The first kappa shape index (κ1) is 11.6. The number of morpholine rings is 1. The van der Waals surface area contributed by atoms with Crippen LogP contribution in [0.15, 0.2) is 24.3 Å². The van der Waals surface area contributed by atoms with Crippen molar-refractivity contribution in [2.24, 2.45) is 0 Å². The minimum Gasteiger partial charge on any atom is -0.423 e. The summed E-state index contributed by atoms with van der Waals surface area (Å²) in [6.07, 6.45) is 0. The van der Waals surface area contributed by atoms with Crippen molar-refractivity contribution in [2.75, 3.05) is 33.4 Å². The summed E-state index contributed by atoms with van der Waals surface area (Å²) >= 11 is 0. The highest BCUT2D eigenvalue weighted by Crippen LogP contribution is 2.21. The average molecular weight is 222 g/mol. The Hall–Kier alpha value is -0.875. The molecule has 0 unspecified atom stereocenters. The molecule has 86 valence electrons. The van der Waals surface area contributed by atoms with Gasteiger partial charge in [-0.15, -0.1) is 0 Å². The third kappa shape index (κ3) is 2.27. The molecule has 1 aliphatic rings. The first-order valence-electron chi connectivity index (χ1n) is 5.51. The fourth-order valence-electron chi connectivity index (χ4n) is 2.03. The van der Waals surface area contributed by atoms with Crippen LogP contribution in [0.25, 0.3) is 0 Å². The van der Waals surface area contributed by atoms with Crippen LogP contribution >= 0.6 is 0 Å². The fraction of sp³-hybridized carbons (Fsp3) is 0.455. The van der Waals surface area contributed by atoms with Gasteiger partial charge in [-0.05, 0) is 17.6 Å². The van der Waals surface area contributed by atoms with Gasteiger partial charge in [0.25, 0.3) is 0 Å². The molecule has 0 amide bonds. The van der Waals surface area contributed by atoms with Crippen molar-refractivity contribution in [3.8, 4) is 0 Å². The quantitative estimate of drug-likeness (QED) is 0.515. The van der Waals surface area contributed by atoms with Crippen LogP contribution in [-0.4, -0.2) is 50.5 Å². The lowest BCUT2D eigenvalue weighted by molar-refractivity contribution is 0.0527. The molecule has 1 aromatic rings. The molecule has 16 heavy (non-hydrogen) atoms. The SMILES string of the molecule is C[N+]1(c2cccc(B(O)O)c2)CCOCC1. The normalized spacial score (nSPS) is 19.4. The first-order valence-corrected chi connectivity index (χ1v) is 5.51. The Morgan fingerprint density at radius 3 is 2.56 bits per heavy atom. The van der Waals surface area contributed by atoms with Gasteiger partial charge >= 0.3 is 7.12 Å². The summed E-state index contributed by atoms with van der Waals surface area (Å²) in [6.45, 7) is 3.35. The highest BCUT2D eigenvalue weighted by atomic mass is 16.5. The Labute approximate surface area is 95.8 Å². The van der Waals surface area contributed by atoms with Gasteiger partial charge in [-0.1, -0.05) is 12.1 Å². The van der Waals surface area contributed by atoms with Gasteiger partial charge in [-0.3, -0.25) is 4.48 Å². The Morgan fingerprint density at radius 2 is 1.94 bits per heavy atom. The molecule has 0 aromatic heterocycles. The summed E-state index contributed by atoms with van der Waals surface area (Å²) < 4.78 is 6.14. The van der Waals surface area contributed by atoms with Crippen molar-refractivity contribution in [1.29, 1.82) is 0 Å². The molecule has 5 heteroatoms. The lowest BCUT2D eigenvalue weighted by Gasteiger charge is -2.37. The fourth-order valence-corrected chi connectivity index (χ4v) is 2.03. The van der Waals surface area contributed by atoms with E-state index in [1.807, 2.05) is 18.2 Å². The van der Waals surface area contributed by atoms with E-state index < -0.39 is 7.12 Å². The monoisotopic (exact) mass is 222 g/mol. The number of nitrogens with zero attached hydrogens (tertiary/aromatic N) is 1. The first-order chi connectivity index (χ1) is 7.62. The predicted octanol–water partition coefficient (Wildman–Crippen LogP) is -0.666. The van der Waals surface area contributed by atoms with E-state index in [1.54, 1.807) is 6.07 Å². The highest BCUT2D eigenvalue weighted by molar-refractivity contribution is 6.58. The van der Waals surface area contributed by atoms with Crippen LogP contribution in [0.3, 0.4) is 0 Å². The van der Waals surface area contributed by atoms with E-state index in [4.69, 9.17) is 14.8 Å². The molecule has 0 atom stereocenters. The van der Waals surface area contributed by atoms with E-state index in [9.17, 15) is 0 Å². The second kappa shape index (κ2) is 4.55. The zero-order valence-corrected chi connectivity index (χ0v) is 9.47. The number of hydrogen-bond acceptors (Lipinski definition) is 3. The number of ether oxygens (including phenoxy) is 1. The van der Waals surface area contributed by atoms with E-state index >= 15 is 0 Å². The Bertz CT molecular complexity index is 364. The second-order valence-electron chi connectivity index (χ2n) is 4.42. The van der Waals surface area contributed by atoms with Gasteiger partial charge in [-0.2, -0.15) is 0 Å². The van der Waals surface area contributed by atoms with Crippen LogP contribution in [0, 0.1) is 0 Å². The average Bonchev–Trinajstić information content (AvgIpc) is 2.30. The summed E-state index contributed by atoms with van der Waals surface area (Å²) in [6, 6.07) is 7.47. The number of likely N-dealkylation sites (N-methyl/N-ethyl adjacent to an activating group) is 1. The Balaban J connectivity index is 2.28. The molecular weight excluding hydrogens is 205 g/mol. The van der Waals surface area contributed by atoms with E-state index in [1.165, 1.54) is 0 Å².